The Balaban J connectivity index is 3.21. The average molecular weight is 270 g/mol. The molecule has 90 valence electrons. The molecule has 0 heterocycles. The van der Waals surface area contributed by atoms with E-state index in [1.54, 1.807) is 0 Å². The number of alkyl halides is 3. The number of anilines is 1. The van der Waals surface area contributed by atoms with Crippen molar-refractivity contribution in [3.05, 3.63) is 22.7 Å². The number of benzene rings is 1. The lowest BCUT2D eigenvalue weighted by atomic mass is 10.2. The van der Waals surface area contributed by atoms with E-state index in [1.807, 2.05) is 6.92 Å². The summed E-state index contributed by atoms with van der Waals surface area (Å²) in [7, 11) is 0. The van der Waals surface area contributed by atoms with Gasteiger partial charge in [0.1, 0.15) is 0 Å². The second-order valence-electron chi connectivity index (χ2n) is 3.23. The topological polar surface area (TPSA) is 26.0 Å². The molecule has 16 heavy (non-hydrogen) atoms. The Morgan fingerprint density at radius 1 is 1.38 bits per heavy atom. The van der Waals surface area contributed by atoms with Crippen molar-refractivity contribution >= 4 is 29.1 Å². The SMILES string of the molecule is CCCSc1c(Cl)cc(N)cc1C(F)(F)F. The number of nitrogens with two attached hydrogens (primary N) is 1. The van der Waals surface area contributed by atoms with Gasteiger partial charge in [0.2, 0.25) is 0 Å². The lowest BCUT2D eigenvalue weighted by Crippen LogP contribution is -2.08. The van der Waals surface area contributed by atoms with Crippen LogP contribution in [0.15, 0.2) is 17.0 Å². The van der Waals surface area contributed by atoms with Crippen molar-refractivity contribution in [3.63, 3.8) is 0 Å². The van der Waals surface area contributed by atoms with Gasteiger partial charge in [0.05, 0.1) is 10.6 Å². The molecule has 6 heteroatoms. The first-order valence-electron chi connectivity index (χ1n) is 4.65. The summed E-state index contributed by atoms with van der Waals surface area (Å²) in [6, 6.07) is 2.26. The Morgan fingerprint density at radius 3 is 2.50 bits per heavy atom. The summed E-state index contributed by atoms with van der Waals surface area (Å²) in [4.78, 5) is 0.0604. The minimum Gasteiger partial charge on any atom is -0.399 e. The normalized spacial score (nSPS) is 11.8. The molecule has 1 nitrogen and oxygen atoms in total. The van der Waals surface area contributed by atoms with Crippen LogP contribution in [0.3, 0.4) is 0 Å². The number of thioether (sulfide) groups is 1. The van der Waals surface area contributed by atoms with Crippen LogP contribution >= 0.6 is 23.4 Å². The summed E-state index contributed by atoms with van der Waals surface area (Å²) in [5.41, 5.74) is 4.63. The molecule has 0 aliphatic rings. The predicted octanol–water partition coefficient (Wildman–Crippen LogP) is 4.44. The van der Waals surface area contributed by atoms with E-state index in [-0.39, 0.29) is 15.6 Å². The minimum atomic E-state index is -4.42. The van der Waals surface area contributed by atoms with Crippen LogP contribution in [-0.4, -0.2) is 5.75 Å². The molecule has 0 unspecified atom stereocenters. The Kier molecular flexibility index (Phi) is 4.38. The van der Waals surface area contributed by atoms with Gasteiger partial charge in [-0.25, -0.2) is 0 Å². The molecule has 0 amide bonds. The first kappa shape index (κ1) is 13.5. The number of hydrogen-bond acceptors (Lipinski definition) is 2. The smallest absolute Gasteiger partial charge is 0.399 e. The third kappa shape index (κ3) is 3.22. The third-order valence-electron chi connectivity index (χ3n) is 1.82. The summed E-state index contributed by atoms with van der Waals surface area (Å²) in [5, 5.41) is 0.0609. The Bertz CT molecular complexity index is 379. The van der Waals surface area contributed by atoms with E-state index in [2.05, 4.69) is 0 Å². The van der Waals surface area contributed by atoms with Gasteiger partial charge in [-0.15, -0.1) is 11.8 Å². The van der Waals surface area contributed by atoms with E-state index < -0.39 is 11.7 Å². The Hall–Kier alpha value is -0.550. The van der Waals surface area contributed by atoms with E-state index in [0.717, 1.165) is 24.2 Å². The minimum absolute atomic E-state index is 0.0261. The highest BCUT2D eigenvalue weighted by Crippen LogP contribution is 2.41. The van der Waals surface area contributed by atoms with Crippen LogP contribution in [0.4, 0.5) is 18.9 Å². The van der Waals surface area contributed by atoms with E-state index >= 15 is 0 Å². The highest BCUT2D eigenvalue weighted by molar-refractivity contribution is 7.99. The maximum absolute atomic E-state index is 12.7. The predicted molar refractivity (Wildman–Crippen MR) is 61.9 cm³/mol. The second kappa shape index (κ2) is 5.19. The molecule has 0 saturated heterocycles. The van der Waals surface area contributed by atoms with Crippen LogP contribution in [0.1, 0.15) is 18.9 Å². The largest absolute Gasteiger partial charge is 0.417 e. The fourth-order valence-corrected chi connectivity index (χ4v) is 2.50. The zero-order chi connectivity index (χ0) is 12.3. The van der Waals surface area contributed by atoms with Crippen molar-refractivity contribution in [3.8, 4) is 0 Å². The zero-order valence-electron chi connectivity index (χ0n) is 8.57. The maximum Gasteiger partial charge on any atom is 0.417 e. The molecule has 0 bridgehead atoms. The molecule has 1 aromatic rings. The molecule has 0 aromatic heterocycles. The Morgan fingerprint density at radius 2 is 2.00 bits per heavy atom. The average Bonchev–Trinajstić information content (AvgIpc) is 2.14. The molecular weight excluding hydrogens is 259 g/mol. The molecule has 0 atom stereocenters. The summed E-state index contributed by atoms with van der Waals surface area (Å²) in [6.45, 7) is 1.89. The monoisotopic (exact) mass is 269 g/mol. The highest BCUT2D eigenvalue weighted by atomic mass is 35.5. The fourth-order valence-electron chi connectivity index (χ4n) is 1.18. The van der Waals surface area contributed by atoms with Crippen molar-refractivity contribution in [2.45, 2.75) is 24.4 Å². The second-order valence-corrected chi connectivity index (χ2v) is 4.74. The molecule has 2 N–H and O–H groups in total. The number of hydrogen-bond donors (Lipinski definition) is 1. The van der Waals surface area contributed by atoms with E-state index in [9.17, 15) is 13.2 Å². The van der Waals surface area contributed by atoms with Gasteiger partial charge in [0.15, 0.2) is 0 Å². The molecule has 0 fully saturated rings. The van der Waals surface area contributed by atoms with Gasteiger partial charge >= 0.3 is 6.18 Å². The lowest BCUT2D eigenvalue weighted by molar-refractivity contribution is -0.139. The fraction of sp³-hybridized carbons (Fsp3) is 0.400. The van der Waals surface area contributed by atoms with Crippen LogP contribution in [0, 0.1) is 0 Å². The zero-order valence-corrected chi connectivity index (χ0v) is 10.1. The van der Waals surface area contributed by atoms with Crippen LogP contribution in [0.2, 0.25) is 5.02 Å². The maximum atomic E-state index is 12.7. The molecule has 0 spiro atoms. The van der Waals surface area contributed by atoms with Gasteiger partial charge in [0.25, 0.3) is 0 Å². The van der Waals surface area contributed by atoms with E-state index in [0.29, 0.717) is 5.75 Å². The van der Waals surface area contributed by atoms with Crippen LogP contribution < -0.4 is 5.73 Å². The van der Waals surface area contributed by atoms with Crippen molar-refractivity contribution in [1.82, 2.24) is 0 Å². The quantitative estimate of drug-likeness (QED) is 0.648. The van der Waals surface area contributed by atoms with Crippen LogP contribution in [-0.2, 0) is 6.18 Å². The van der Waals surface area contributed by atoms with Gasteiger partial charge in [-0.1, -0.05) is 18.5 Å². The van der Waals surface area contributed by atoms with Crippen molar-refractivity contribution in [2.24, 2.45) is 0 Å². The number of halogens is 4. The highest BCUT2D eigenvalue weighted by Gasteiger charge is 2.34. The van der Waals surface area contributed by atoms with Crippen molar-refractivity contribution < 1.29 is 13.2 Å². The standard InChI is InChI=1S/C10H11ClF3NS/c1-2-3-16-9-7(10(12,13)14)4-6(15)5-8(9)11/h4-5H,2-3,15H2,1H3. The molecular formula is C10H11ClF3NS. The first-order valence-corrected chi connectivity index (χ1v) is 6.01. The van der Waals surface area contributed by atoms with Gasteiger partial charge in [-0.2, -0.15) is 13.2 Å². The van der Waals surface area contributed by atoms with Gasteiger partial charge in [0, 0.05) is 10.6 Å². The van der Waals surface area contributed by atoms with Crippen molar-refractivity contribution in [2.75, 3.05) is 11.5 Å². The third-order valence-corrected chi connectivity index (χ3v) is 3.57. The van der Waals surface area contributed by atoms with Crippen LogP contribution in [0.5, 0.6) is 0 Å². The van der Waals surface area contributed by atoms with Gasteiger partial charge < -0.3 is 5.73 Å². The molecule has 1 rings (SSSR count). The number of rotatable bonds is 3. The lowest BCUT2D eigenvalue weighted by Gasteiger charge is -2.14. The molecule has 1 aromatic carbocycles. The summed E-state index contributed by atoms with van der Waals surface area (Å²) >= 11 is 6.88. The molecule has 0 radical (unpaired) electrons. The van der Waals surface area contributed by atoms with Gasteiger partial charge in [-0.05, 0) is 24.3 Å². The van der Waals surface area contributed by atoms with E-state index in [1.165, 1.54) is 6.07 Å². The molecule has 0 aliphatic carbocycles. The Labute approximate surface area is 101 Å². The molecule has 0 saturated carbocycles. The van der Waals surface area contributed by atoms with Crippen LogP contribution in [0.25, 0.3) is 0 Å². The summed E-state index contributed by atoms with van der Waals surface area (Å²) < 4.78 is 38.1. The van der Waals surface area contributed by atoms with Gasteiger partial charge in [-0.3, -0.25) is 0 Å². The van der Waals surface area contributed by atoms with E-state index in [4.69, 9.17) is 17.3 Å². The summed E-state index contributed by atoms with van der Waals surface area (Å²) in [6.07, 6.45) is -3.64. The number of nitrogen functional groups attached to an aromatic ring is 1. The van der Waals surface area contributed by atoms with Crippen molar-refractivity contribution in [1.29, 1.82) is 0 Å². The summed E-state index contributed by atoms with van der Waals surface area (Å²) in [5.74, 6) is 0.590. The first-order chi connectivity index (χ1) is 7.36. The molecule has 0 aliphatic heterocycles.